The molecular weight excluding hydrogens is 270 g/mol. The van der Waals surface area contributed by atoms with Crippen molar-refractivity contribution in [3.8, 4) is 0 Å². The van der Waals surface area contributed by atoms with Crippen molar-refractivity contribution in [2.75, 3.05) is 0 Å². The minimum Gasteiger partial charge on any atom is -0.744 e. The summed E-state index contributed by atoms with van der Waals surface area (Å²) in [4.78, 5) is 2.88. The quantitative estimate of drug-likeness (QED) is 0.631. The number of rotatable bonds is 4. The van der Waals surface area contributed by atoms with Crippen LogP contribution >= 0.6 is 11.8 Å². The van der Waals surface area contributed by atoms with Crippen LogP contribution in [0, 0.1) is 0 Å². The second-order valence-electron chi connectivity index (χ2n) is 3.60. The highest BCUT2D eigenvalue weighted by Gasteiger charge is 2.12. The van der Waals surface area contributed by atoms with Crippen molar-refractivity contribution in [2.24, 2.45) is 0 Å². The number of nitrogens with one attached hydrogen (secondary N) is 1. The Bertz CT molecular complexity index is 627. The summed E-state index contributed by atoms with van der Waals surface area (Å²) < 4.78 is 33.2. The molecule has 94 valence electrons. The number of hydrogen-bond donors (Lipinski definition) is 0. The maximum atomic E-state index is 11.1. The molecule has 0 aliphatic heterocycles. The van der Waals surface area contributed by atoms with Crippen molar-refractivity contribution in [1.82, 2.24) is 0 Å². The lowest BCUT2D eigenvalue weighted by molar-refractivity contribution is -0.381. The van der Waals surface area contributed by atoms with Crippen LogP contribution < -0.4 is 4.98 Å². The van der Waals surface area contributed by atoms with E-state index in [-0.39, 0.29) is 4.90 Å². The highest BCUT2D eigenvalue weighted by atomic mass is 32.2. The van der Waals surface area contributed by atoms with E-state index in [2.05, 4.69) is 4.98 Å². The fourth-order valence-electron chi connectivity index (χ4n) is 1.45. The third-order valence-electron chi connectivity index (χ3n) is 2.29. The summed E-state index contributed by atoms with van der Waals surface area (Å²) in [5.41, 5.74) is 1.07. The summed E-state index contributed by atoms with van der Waals surface area (Å²) >= 11 is 1.33. The molecule has 18 heavy (non-hydrogen) atoms. The first kappa shape index (κ1) is 13.1. The van der Waals surface area contributed by atoms with Gasteiger partial charge in [-0.3, -0.25) is 0 Å². The molecule has 0 atom stereocenters. The Hall–Kier alpha value is -1.37. The summed E-state index contributed by atoms with van der Waals surface area (Å²) in [5.74, 6) is 0.618. The topological polar surface area (TPSA) is 71.3 Å². The molecule has 0 amide bonds. The highest BCUT2D eigenvalue weighted by Crippen LogP contribution is 2.27. The lowest BCUT2D eigenvalue weighted by atomic mass is 10.2. The third kappa shape index (κ3) is 3.32. The van der Waals surface area contributed by atoms with Crippen molar-refractivity contribution < 1.29 is 18.0 Å². The molecule has 0 saturated carbocycles. The van der Waals surface area contributed by atoms with Gasteiger partial charge in [-0.15, -0.1) is 11.8 Å². The fraction of sp³-hybridized carbons (Fsp3) is 0.0833. The van der Waals surface area contributed by atoms with Gasteiger partial charge in [0.2, 0.25) is 0 Å². The van der Waals surface area contributed by atoms with Crippen LogP contribution in [0.3, 0.4) is 0 Å². The van der Waals surface area contributed by atoms with Gasteiger partial charge in [-0.2, -0.15) is 0 Å². The fourth-order valence-corrected chi connectivity index (χ4v) is 3.34. The molecule has 0 spiro atoms. The molecule has 0 aliphatic carbocycles. The number of thioether (sulfide) groups is 1. The number of benzene rings is 1. The zero-order valence-electron chi connectivity index (χ0n) is 9.37. The average Bonchev–Trinajstić information content (AvgIpc) is 2.37. The minimum absolute atomic E-state index is 0.203. The molecule has 0 unspecified atom stereocenters. The molecule has 6 heteroatoms. The van der Waals surface area contributed by atoms with Crippen molar-refractivity contribution >= 4 is 21.9 Å². The van der Waals surface area contributed by atoms with Gasteiger partial charge >= 0.3 is 0 Å². The van der Waals surface area contributed by atoms with Crippen LogP contribution in [0.4, 0.5) is 0 Å². The van der Waals surface area contributed by atoms with E-state index in [0.717, 1.165) is 5.56 Å². The van der Waals surface area contributed by atoms with Crippen LogP contribution in [0.15, 0.2) is 58.6 Å². The molecule has 0 saturated heterocycles. The molecular formula is C12H11NO3S2. The van der Waals surface area contributed by atoms with Gasteiger partial charge < -0.3 is 4.55 Å². The number of H-pyrrole nitrogens is 1. The number of aromatic amines is 1. The molecule has 1 aromatic carbocycles. The predicted octanol–water partition coefficient (Wildman–Crippen LogP) is 1.70. The van der Waals surface area contributed by atoms with E-state index in [1.807, 2.05) is 30.3 Å². The zero-order valence-corrected chi connectivity index (χ0v) is 11.0. The van der Waals surface area contributed by atoms with Crippen LogP contribution in [0.25, 0.3) is 0 Å². The summed E-state index contributed by atoms with van der Waals surface area (Å²) in [5, 5.41) is 0. The van der Waals surface area contributed by atoms with Gasteiger partial charge in [0.15, 0.2) is 12.4 Å². The van der Waals surface area contributed by atoms with Crippen LogP contribution in [0.1, 0.15) is 5.56 Å². The maximum absolute atomic E-state index is 11.1. The molecule has 1 heterocycles. The molecule has 1 N–H and O–H groups in total. The van der Waals surface area contributed by atoms with Gasteiger partial charge in [-0.1, -0.05) is 30.3 Å². The van der Waals surface area contributed by atoms with Crippen LogP contribution in [-0.4, -0.2) is 13.0 Å². The Morgan fingerprint density at radius 1 is 1.17 bits per heavy atom. The predicted molar refractivity (Wildman–Crippen MR) is 67.0 cm³/mol. The molecule has 0 bridgehead atoms. The lowest BCUT2D eigenvalue weighted by Crippen LogP contribution is -2.08. The molecule has 2 aromatic rings. The molecule has 4 nitrogen and oxygen atoms in total. The van der Waals surface area contributed by atoms with E-state index >= 15 is 0 Å². The van der Waals surface area contributed by atoms with Gasteiger partial charge in [0.25, 0.3) is 0 Å². The van der Waals surface area contributed by atoms with E-state index in [9.17, 15) is 13.0 Å². The Kier molecular flexibility index (Phi) is 4.00. The first-order valence-electron chi connectivity index (χ1n) is 5.20. The highest BCUT2D eigenvalue weighted by molar-refractivity contribution is 7.99. The molecule has 0 radical (unpaired) electrons. The maximum Gasteiger partial charge on any atom is 0.185 e. The Morgan fingerprint density at radius 2 is 1.89 bits per heavy atom. The van der Waals surface area contributed by atoms with Crippen LogP contribution in [0.2, 0.25) is 0 Å². The van der Waals surface area contributed by atoms with Gasteiger partial charge in [0.05, 0.1) is 0 Å². The van der Waals surface area contributed by atoms with E-state index in [0.29, 0.717) is 10.6 Å². The average molecular weight is 281 g/mol. The third-order valence-corrected chi connectivity index (χ3v) is 4.45. The van der Waals surface area contributed by atoms with Crippen molar-refractivity contribution in [2.45, 2.75) is 15.5 Å². The first-order valence-corrected chi connectivity index (χ1v) is 7.59. The zero-order chi connectivity index (χ0) is 13.0. The smallest absolute Gasteiger partial charge is 0.185 e. The van der Waals surface area contributed by atoms with Gasteiger partial charge in [0, 0.05) is 16.7 Å². The minimum atomic E-state index is -4.44. The van der Waals surface area contributed by atoms with Gasteiger partial charge in [-0.05, 0) is 5.56 Å². The second-order valence-corrected chi connectivity index (χ2v) is 5.97. The lowest BCUT2D eigenvalue weighted by Gasteiger charge is -2.09. The molecule has 1 aromatic heterocycles. The summed E-state index contributed by atoms with van der Waals surface area (Å²) in [6.45, 7) is 0. The summed E-state index contributed by atoms with van der Waals surface area (Å²) in [6.07, 6.45) is 2.82. The second kappa shape index (κ2) is 5.51. The van der Waals surface area contributed by atoms with Crippen molar-refractivity contribution in [1.29, 1.82) is 0 Å². The Morgan fingerprint density at radius 3 is 2.56 bits per heavy atom. The summed E-state index contributed by atoms with van der Waals surface area (Å²) in [7, 11) is -4.44. The Labute approximate surface area is 110 Å². The van der Waals surface area contributed by atoms with Crippen molar-refractivity contribution in [3.63, 3.8) is 0 Å². The standard InChI is InChI=1S/C12H11NO3S2/c14-18(15,16)12-8-13-7-6-11(12)17-9-10-4-2-1-3-5-10/h1-8H,9H2,(H,14,15,16). The van der Waals surface area contributed by atoms with Crippen LogP contribution in [-0.2, 0) is 15.9 Å². The van der Waals surface area contributed by atoms with Crippen LogP contribution in [0.5, 0.6) is 0 Å². The number of aromatic nitrogens is 1. The molecule has 0 fully saturated rings. The van der Waals surface area contributed by atoms with E-state index < -0.39 is 10.1 Å². The monoisotopic (exact) mass is 281 g/mol. The van der Waals surface area contributed by atoms with E-state index in [1.54, 1.807) is 12.3 Å². The van der Waals surface area contributed by atoms with Crippen molar-refractivity contribution in [3.05, 3.63) is 54.4 Å². The summed E-state index contributed by atoms with van der Waals surface area (Å²) in [6, 6.07) is 11.2. The number of hydrogen-bond acceptors (Lipinski definition) is 4. The van der Waals surface area contributed by atoms with Gasteiger partial charge in [-0.25, -0.2) is 13.4 Å². The molecule has 2 rings (SSSR count). The van der Waals surface area contributed by atoms with Gasteiger partial charge in [0.1, 0.15) is 15.0 Å². The number of pyridine rings is 1. The Balaban J connectivity index is 2.20. The first-order chi connectivity index (χ1) is 8.57. The van der Waals surface area contributed by atoms with E-state index in [4.69, 9.17) is 0 Å². The largest absolute Gasteiger partial charge is 0.744 e. The SMILES string of the molecule is O=S(=O)([O-])c1c[nH+]ccc1SCc1ccccc1. The molecule has 0 aliphatic rings. The normalized spacial score (nSPS) is 11.4. The van der Waals surface area contributed by atoms with E-state index in [1.165, 1.54) is 18.0 Å².